The molecular weight excluding hydrogens is 408 g/mol. The Kier molecular flexibility index (Phi) is 9.70. The van der Waals surface area contributed by atoms with Crippen molar-refractivity contribution in [1.29, 1.82) is 0 Å². The zero-order valence-corrected chi connectivity index (χ0v) is 17.3. The highest BCUT2D eigenvalue weighted by Crippen LogP contribution is 2.29. The molecule has 170 valence electrons. The SMILES string of the molecule is C=CCOc1ccc(/C=C/C(=O)OC[C@H]2OC(OC)[C@H](O)[C@@H](O)[C@@H]2O)cc1OCC=C. The lowest BCUT2D eigenvalue weighted by Gasteiger charge is -2.39. The van der Waals surface area contributed by atoms with E-state index in [9.17, 15) is 20.1 Å². The van der Waals surface area contributed by atoms with E-state index < -0.39 is 36.7 Å². The van der Waals surface area contributed by atoms with Gasteiger partial charge in [-0.15, -0.1) is 0 Å². The first-order chi connectivity index (χ1) is 14.9. The van der Waals surface area contributed by atoms with E-state index in [4.69, 9.17) is 23.7 Å². The number of aliphatic hydroxyl groups excluding tert-OH is 3. The summed E-state index contributed by atoms with van der Waals surface area (Å²) in [6.07, 6.45) is -0.608. The Morgan fingerprint density at radius 2 is 1.74 bits per heavy atom. The van der Waals surface area contributed by atoms with E-state index in [1.165, 1.54) is 19.3 Å². The number of rotatable bonds is 11. The van der Waals surface area contributed by atoms with E-state index >= 15 is 0 Å². The molecule has 0 bridgehead atoms. The zero-order chi connectivity index (χ0) is 22.8. The van der Waals surface area contributed by atoms with Crippen molar-refractivity contribution in [3.05, 3.63) is 55.1 Å². The molecule has 0 saturated carbocycles. The summed E-state index contributed by atoms with van der Waals surface area (Å²) in [4.78, 5) is 12.1. The van der Waals surface area contributed by atoms with Crippen LogP contribution in [-0.4, -0.2) is 78.9 Å². The fourth-order valence-electron chi connectivity index (χ4n) is 2.78. The second kappa shape index (κ2) is 12.2. The number of benzene rings is 1. The van der Waals surface area contributed by atoms with Crippen LogP contribution >= 0.6 is 0 Å². The topological polar surface area (TPSA) is 124 Å². The third-order valence-corrected chi connectivity index (χ3v) is 4.38. The number of ether oxygens (including phenoxy) is 5. The summed E-state index contributed by atoms with van der Waals surface area (Å²) in [5, 5.41) is 29.6. The number of aliphatic hydroxyl groups is 3. The molecule has 1 aliphatic rings. The van der Waals surface area contributed by atoms with Gasteiger partial charge in [-0.25, -0.2) is 4.79 Å². The highest BCUT2D eigenvalue weighted by Gasteiger charge is 2.44. The van der Waals surface area contributed by atoms with Crippen molar-refractivity contribution < 1.29 is 43.8 Å². The fourth-order valence-corrected chi connectivity index (χ4v) is 2.78. The molecule has 0 spiro atoms. The molecule has 1 aromatic rings. The van der Waals surface area contributed by atoms with Gasteiger partial charge in [0, 0.05) is 13.2 Å². The Morgan fingerprint density at radius 1 is 1.06 bits per heavy atom. The van der Waals surface area contributed by atoms with Crippen molar-refractivity contribution in [2.75, 3.05) is 26.9 Å². The Bertz CT molecular complexity index is 774. The van der Waals surface area contributed by atoms with Crippen molar-refractivity contribution >= 4 is 12.0 Å². The van der Waals surface area contributed by atoms with Gasteiger partial charge >= 0.3 is 5.97 Å². The average Bonchev–Trinajstić information content (AvgIpc) is 2.78. The highest BCUT2D eigenvalue weighted by molar-refractivity contribution is 5.87. The van der Waals surface area contributed by atoms with Crippen LogP contribution in [0.4, 0.5) is 0 Å². The zero-order valence-electron chi connectivity index (χ0n) is 17.3. The van der Waals surface area contributed by atoms with Crippen molar-refractivity contribution in [3.8, 4) is 11.5 Å². The Hall–Kier alpha value is -2.69. The van der Waals surface area contributed by atoms with Crippen LogP contribution in [0.2, 0.25) is 0 Å². The van der Waals surface area contributed by atoms with Crippen LogP contribution in [0.5, 0.6) is 11.5 Å². The number of hydrogen-bond donors (Lipinski definition) is 3. The predicted octanol–water partition coefficient (Wildman–Crippen LogP) is 0.827. The minimum absolute atomic E-state index is 0.284. The lowest BCUT2D eigenvalue weighted by molar-refractivity contribution is -0.294. The van der Waals surface area contributed by atoms with Crippen molar-refractivity contribution in [2.24, 2.45) is 0 Å². The summed E-state index contributed by atoms with van der Waals surface area (Å²) >= 11 is 0. The fraction of sp³-hybridized carbons (Fsp3) is 0.409. The number of methoxy groups -OCH3 is 1. The quantitative estimate of drug-likeness (QED) is 0.263. The standard InChI is InChI=1S/C22H28O9/c1-4-10-28-15-8-6-14(12-16(15)29-11-5-2)7-9-18(23)30-13-17-19(24)20(25)21(26)22(27-3)31-17/h4-9,12,17,19-22,24-26H,1-2,10-11,13H2,3H3/b9-7+/t17-,19-,20+,21-,22?/m1/s1. The molecule has 1 saturated heterocycles. The monoisotopic (exact) mass is 436 g/mol. The number of carbonyl (C=O) groups excluding carboxylic acids is 1. The largest absolute Gasteiger partial charge is 0.486 e. The van der Waals surface area contributed by atoms with Gasteiger partial charge < -0.3 is 39.0 Å². The smallest absolute Gasteiger partial charge is 0.330 e. The van der Waals surface area contributed by atoms with Crippen LogP contribution < -0.4 is 9.47 Å². The van der Waals surface area contributed by atoms with E-state index in [2.05, 4.69) is 13.2 Å². The number of carbonyl (C=O) groups is 1. The summed E-state index contributed by atoms with van der Waals surface area (Å²) in [5.41, 5.74) is 0.661. The van der Waals surface area contributed by atoms with Crippen molar-refractivity contribution in [1.82, 2.24) is 0 Å². The molecule has 2 rings (SSSR count). The molecule has 1 heterocycles. The maximum atomic E-state index is 12.1. The summed E-state index contributed by atoms with van der Waals surface area (Å²) in [6, 6.07) is 5.13. The average molecular weight is 436 g/mol. The third-order valence-electron chi connectivity index (χ3n) is 4.38. The van der Waals surface area contributed by atoms with Gasteiger partial charge in [0.1, 0.15) is 44.2 Å². The molecule has 0 radical (unpaired) electrons. The van der Waals surface area contributed by atoms with Crippen LogP contribution in [0.25, 0.3) is 6.08 Å². The van der Waals surface area contributed by atoms with E-state index in [0.29, 0.717) is 23.7 Å². The van der Waals surface area contributed by atoms with Gasteiger partial charge in [0.2, 0.25) is 0 Å². The summed E-state index contributed by atoms with van der Waals surface area (Å²) in [7, 11) is 1.28. The molecule has 0 aromatic heterocycles. The lowest BCUT2D eigenvalue weighted by Crippen LogP contribution is -2.59. The van der Waals surface area contributed by atoms with Crippen LogP contribution in [0.15, 0.2) is 49.6 Å². The van der Waals surface area contributed by atoms with E-state index in [0.717, 1.165) is 0 Å². The van der Waals surface area contributed by atoms with Crippen molar-refractivity contribution in [2.45, 2.75) is 30.7 Å². The van der Waals surface area contributed by atoms with Gasteiger partial charge in [-0.05, 0) is 23.8 Å². The van der Waals surface area contributed by atoms with Crippen LogP contribution in [0.1, 0.15) is 5.56 Å². The Balaban J connectivity index is 1.97. The minimum Gasteiger partial charge on any atom is -0.486 e. The molecular formula is C22H28O9. The molecule has 0 aliphatic carbocycles. The molecule has 1 fully saturated rings. The molecule has 1 aliphatic heterocycles. The predicted molar refractivity (Wildman–Crippen MR) is 112 cm³/mol. The van der Waals surface area contributed by atoms with Gasteiger partial charge in [0.25, 0.3) is 0 Å². The first-order valence-electron chi connectivity index (χ1n) is 9.60. The highest BCUT2D eigenvalue weighted by atomic mass is 16.7. The normalized spacial score (nSPS) is 25.7. The minimum atomic E-state index is -1.49. The van der Waals surface area contributed by atoms with E-state index in [1.807, 2.05) is 0 Å². The second-order valence-electron chi connectivity index (χ2n) is 6.62. The molecule has 1 unspecified atom stereocenters. The summed E-state index contributed by atoms with van der Waals surface area (Å²) in [5.74, 6) is 0.318. The molecule has 9 nitrogen and oxygen atoms in total. The van der Waals surface area contributed by atoms with Gasteiger partial charge in [0.05, 0.1) is 0 Å². The van der Waals surface area contributed by atoms with E-state index in [-0.39, 0.29) is 13.2 Å². The molecule has 31 heavy (non-hydrogen) atoms. The van der Waals surface area contributed by atoms with Crippen molar-refractivity contribution in [3.63, 3.8) is 0 Å². The van der Waals surface area contributed by atoms with Crippen LogP contribution in [0.3, 0.4) is 0 Å². The Labute approximate surface area is 180 Å². The second-order valence-corrected chi connectivity index (χ2v) is 6.62. The number of esters is 1. The maximum absolute atomic E-state index is 12.1. The summed E-state index contributed by atoms with van der Waals surface area (Å²) in [6.45, 7) is 7.48. The first-order valence-corrected chi connectivity index (χ1v) is 9.60. The molecule has 3 N–H and O–H groups in total. The Morgan fingerprint density at radius 3 is 2.39 bits per heavy atom. The van der Waals surface area contributed by atoms with Gasteiger partial charge in [-0.3, -0.25) is 0 Å². The molecule has 5 atom stereocenters. The number of hydrogen-bond acceptors (Lipinski definition) is 9. The van der Waals surface area contributed by atoms with E-state index in [1.54, 1.807) is 30.4 Å². The van der Waals surface area contributed by atoms with Crippen LogP contribution in [0, 0.1) is 0 Å². The van der Waals surface area contributed by atoms with Gasteiger partial charge in [0.15, 0.2) is 17.8 Å². The van der Waals surface area contributed by atoms with Gasteiger partial charge in [-0.2, -0.15) is 0 Å². The molecule has 0 amide bonds. The maximum Gasteiger partial charge on any atom is 0.330 e. The molecule has 1 aromatic carbocycles. The third kappa shape index (κ3) is 6.91. The van der Waals surface area contributed by atoms with Crippen LogP contribution in [-0.2, 0) is 19.0 Å². The molecule has 9 heteroatoms. The van der Waals surface area contributed by atoms with Gasteiger partial charge in [-0.1, -0.05) is 31.4 Å². The summed E-state index contributed by atoms with van der Waals surface area (Å²) < 4.78 is 26.4. The first kappa shape index (κ1) is 24.6. The lowest BCUT2D eigenvalue weighted by atomic mass is 9.99.